The van der Waals surface area contributed by atoms with Crippen LogP contribution in [0.1, 0.15) is 112 Å². The molecule has 0 aliphatic carbocycles. The summed E-state index contributed by atoms with van der Waals surface area (Å²) < 4.78 is 0. The molecular weight excluding hydrogens is 312 g/mol. The van der Waals surface area contributed by atoms with Gasteiger partial charge in [-0.15, -0.1) is 0 Å². The molecule has 140 valence electrons. The van der Waals surface area contributed by atoms with E-state index in [-0.39, 0.29) is 0 Å². The predicted octanol–water partition coefficient (Wildman–Crippen LogP) is 8.35. The van der Waals surface area contributed by atoms with Gasteiger partial charge < -0.3 is 0 Å². The average molecular weight is 349 g/mol. The van der Waals surface area contributed by atoms with E-state index in [1.54, 1.807) is 0 Å². The molecule has 2 rings (SSSR count). The Morgan fingerprint density at radius 2 is 0.654 bits per heavy atom. The Kier molecular flexibility index (Phi) is 6.87. The van der Waals surface area contributed by atoms with Crippen molar-refractivity contribution in [1.82, 2.24) is 0 Å². The number of benzene rings is 2. The van der Waals surface area contributed by atoms with Gasteiger partial charge in [-0.05, 0) is 57.1 Å². The average Bonchev–Trinajstić information content (AvgIpc) is 2.59. The second-order valence-electron chi connectivity index (χ2n) is 8.82. The Morgan fingerprint density at radius 3 is 0.846 bits per heavy atom. The van der Waals surface area contributed by atoms with E-state index in [0.29, 0.717) is 23.7 Å². The van der Waals surface area contributed by atoms with E-state index in [4.69, 9.17) is 0 Å². The molecule has 0 bridgehead atoms. The molecule has 2 aromatic rings. The lowest BCUT2D eigenvalue weighted by molar-refractivity contribution is 0.832. The topological polar surface area (TPSA) is 0 Å². The van der Waals surface area contributed by atoms with Gasteiger partial charge in [0, 0.05) is 0 Å². The lowest BCUT2D eigenvalue weighted by Crippen LogP contribution is -1.95. The molecule has 0 nitrogen and oxygen atoms in total. The molecule has 26 heavy (non-hydrogen) atoms. The van der Waals surface area contributed by atoms with Crippen LogP contribution < -0.4 is 0 Å². The third kappa shape index (κ3) is 5.34. The summed E-state index contributed by atoms with van der Waals surface area (Å²) in [4.78, 5) is 0. The first-order valence-corrected chi connectivity index (χ1v) is 10.1. The summed E-state index contributed by atoms with van der Waals surface area (Å²) >= 11 is 0. The standard InChI is InChI=1S/C26H36/c1-17(2)23-11-21(12-24(15-23)18(3)4)9-10-22-13-25(19(5)6)16-26(14-22)20(7)8/h9-20H,1-8H3/b10-9+. The lowest BCUT2D eigenvalue weighted by Gasteiger charge is -2.14. The van der Waals surface area contributed by atoms with E-state index in [1.165, 1.54) is 33.4 Å². The van der Waals surface area contributed by atoms with E-state index in [2.05, 4.69) is 104 Å². The maximum atomic E-state index is 2.36. The summed E-state index contributed by atoms with van der Waals surface area (Å²) in [5, 5.41) is 0. The largest absolute Gasteiger partial charge is 0.0587 e. The Balaban J connectivity index is 2.43. The molecule has 0 N–H and O–H groups in total. The molecule has 0 aliphatic rings. The Labute approximate surface area is 161 Å². The zero-order valence-electron chi connectivity index (χ0n) is 17.9. The monoisotopic (exact) mass is 348 g/mol. The minimum Gasteiger partial charge on any atom is -0.0587 e. The molecule has 0 aliphatic heterocycles. The first-order chi connectivity index (χ1) is 12.2. The van der Waals surface area contributed by atoms with Crippen LogP contribution in [0.25, 0.3) is 12.2 Å². The van der Waals surface area contributed by atoms with Crippen molar-refractivity contribution < 1.29 is 0 Å². The number of hydrogen-bond acceptors (Lipinski definition) is 0. The van der Waals surface area contributed by atoms with Crippen molar-refractivity contribution in [3.63, 3.8) is 0 Å². The Bertz CT molecular complexity index is 640. The van der Waals surface area contributed by atoms with Crippen LogP contribution >= 0.6 is 0 Å². The Hall–Kier alpha value is -1.82. The highest BCUT2D eigenvalue weighted by molar-refractivity contribution is 5.71. The van der Waals surface area contributed by atoms with Gasteiger partial charge in [0.05, 0.1) is 0 Å². The lowest BCUT2D eigenvalue weighted by atomic mass is 9.91. The molecule has 0 saturated heterocycles. The summed E-state index contributed by atoms with van der Waals surface area (Å²) in [6, 6.07) is 14.1. The minimum absolute atomic E-state index is 0.553. The molecule has 0 radical (unpaired) electrons. The molecule has 0 atom stereocenters. The third-order valence-corrected chi connectivity index (χ3v) is 5.13. The van der Waals surface area contributed by atoms with E-state index < -0.39 is 0 Å². The smallest absolute Gasteiger partial charge is 0.0219 e. The summed E-state index contributed by atoms with van der Waals surface area (Å²) in [6.45, 7) is 18.2. The van der Waals surface area contributed by atoms with Crippen LogP contribution in [0.2, 0.25) is 0 Å². The number of rotatable bonds is 6. The van der Waals surface area contributed by atoms with Crippen molar-refractivity contribution in [3.05, 3.63) is 69.8 Å². The summed E-state index contributed by atoms with van der Waals surface area (Å²) in [7, 11) is 0. The molecule has 0 saturated carbocycles. The predicted molar refractivity (Wildman–Crippen MR) is 118 cm³/mol. The van der Waals surface area contributed by atoms with E-state index in [9.17, 15) is 0 Å². The molecule has 0 aromatic heterocycles. The highest BCUT2D eigenvalue weighted by atomic mass is 14.1. The molecular formula is C26H36. The molecule has 0 heterocycles. The fourth-order valence-electron chi connectivity index (χ4n) is 3.12. The molecule has 2 aromatic carbocycles. The zero-order chi connectivity index (χ0) is 19.4. The normalized spacial score (nSPS) is 12.3. The van der Waals surface area contributed by atoms with Crippen LogP contribution in [0.3, 0.4) is 0 Å². The van der Waals surface area contributed by atoms with Gasteiger partial charge in [-0.1, -0.05) is 104 Å². The van der Waals surface area contributed by atoms with Gasteiger partial charge in [0.15, 0.2) is 0 Å². The van der Waals surface area contributed by atoms with E-state index in [0.717, 1.165) is 0 Å². The maximum Gasteiger partial charge on any atom is -0.0219 e. The van der Waals surface area contributed by atoms with Gasteiger partial charge in [-0.3, -0.25) is 0 Å². The highest BCUT2D eigenvalue weighted by Crippen LogP contribution is 2.27. The van der Waals surface area contributed by atoms with Crippen LogP contribution in [-0.4, -0.2) is 0 Å². The van der Waals surface area contributed by atoms with Gasteiger partial charge in [-0.2, -0.15) is 0 Å². The summed E-state index contributed by atoms with van der Waals surface area (Å²) in [5.74, 6) is 2.21. The molecule has 0 fully saturated rings. The van der Waals surface area contributed by atoms with Crippen molar-refractivity contribution in [3.8, 4) is 0 Å². The fraction of sp³-hybridized carbons (Fsp3) is 0.462. The van der Waals surface area contributed by atoms with Gasteiger partial charge in [-0.25, -0.2) is 0 Å². The molecule has 0 unspecified atom stereocenters. The van der Waals surface area contributed by atoms with Crippen molar-refractivity contribution in [2.45, 2.75) is 79.1 Å². The highest BCUT2D eigenvalue weighted by Gasteiger charge is 2.08. The summed E-state index contributed by atoms with van der Waals surface area (Å²) in [6.07, 6.45) is 4.56. The van der Waals surface area contributed by atoms with Crippen LogP contribution in [0, 0.1) is 0 Å². The quantitative estimate of drug-likeness (QED) is 0.460. The van der Waals surface area contributed by atoms with Crippen LogP contribution in [-0.2, 0) is 0 Å². The maximum absolute atomic E-state index is 2.36. The van der Waals surface area contributed by atoms with Crippen molar-refractivity contribution in [2.24, 2.45) is 0 Å². The molecule has 0 spiro atoms. The second kappa shape index (κ2) is 8.71. The van der Waals surface area contributed by atoms with Gasteiger partial charge in [0.1, 0.15) is 0 Å². The zero-order valence-corrected chi connectivity index (χ0v) is 17.9. The van der Waals surface area contributed by atoms with E-state index in [1.807, 2.05) is 0 Å². The van der Waals surface area contributed by atoms with Gasteiger partial charge in [0.2, 0.25) is 0 Å². The van der Waals surface area contributed by atoms with Gasteiger partial charge >= 0.3 is 0 Å². The van der Waals surface area contributed by atoms with Crippen LogP contribution in [0.15, 0.2) is 36.4 Å². The Morgan fingerprint density at radius 1 is 0.423 bits per heavy atom. The first kappa shape index (κ1) is 20.5. The van der Waals surface area contributed by atoms with Crippen molar-refractivity contribution >= 4 is 12.2 Å². The molecule has 0 heteroatoms. The van der Waals surface area contributed by atoms with Crippen LogP contribution in [0.4, 0.5) is 0 Å². The second-order valence-corrected chi connectivity index (χ2v) is 8.82. The van der Waals surface area contributed by atoms with Gasteiger partial charge in [0.25, 0.3) is 0 Å². The third-order valence-electron chi connectivity index (χ3n) is 5.13. The number of hydrogen-bond donors (Lipinski definition) is 0. The summed E-state index contributed by atoms with van der Waals surface area (Å²) in [5.41, 5.74) is 8.32. The minimum atomic E-state index is 0.553. The van der Waals surface area contributed by atoms with Crippen LogP contribution in [0.5, 0.6) is 0 Å². The fourth-order valence-corrected chi connectivity index (χ4v) is 3.12. The SMILES string of the molecule is CC(C)c1cc(/C=C/c2cc(C(C)C)cc(C(C)C)c2)cc(C(C)C)c1. The molecule has 0 amide bonds. The van der Waals surface area contributed by atoms with Crippen molar-refractivity contribution in [2.75, 3.05) is 0 Å². The van der Waals surface area contributed by atoms with E-state index >= 15 is 0 Å². The van der Waals surface area contributed by atoms with Crippen molar-refractivity contribution in [1.29, 1.82) is 0 Å². The first-order valence-electron chi connectivity index (χ1n) is 10.1.